The maximum Gasteiger partial charge on any atom is 0.357 e. The smallest absolute Gasteiger partial charge is 0.357 e. The van der Waals surface area contributed by atoms with Gasteiger partial charge in [0.15, 0.2) is 11.4 Å². The van der Waals surface area contributed by atoms with Crippen LogP contribution >= 0.6 is 0 Å². The molecule has 0 aromatic heterocycles. The average molecular weight is 418 g/mol. The first kappa shape index (κ1) is 19.7. The number of para-hydroxylation sites is 2. The van der Waals surface area contributed by atoms with Crippen LogP contribution in [0.1, 0.15) is 0 Å². The van der Waals surface area contributed by atoms with E-state index in [0.717, 1.165) is 16.1 Å². The summed E-state index contributed by atoms with van der Waals surface area (Å²) in [5.41, 5.74) is -0.853. The van der Waals surface area contributed by atoms with Crippen molar-refractivity contribution in [2.75, 3.05) is 10.0 Å². The number of hydrogen-bond acceptors (Lipinski definition) is 6. The van der Waals surface area contributed by atoms with Gasteiger partial charge in [-0.15, -0.1) is 0 Å². The second-order valence-electron chi connectivity index (χ2n) is 6.54. The number of aliphatic carboxylic acids is 2. The van der Waals surface area contributed by atoms with E-state index < -0.39 is 46.7 Å². The summed E-state index contributed by atoms with van der Waals surface area (Å²) in [6, 6.07) is 16.3. The number of carboxylic acids is 2. The third-order valence-electron chi connectivity index (χ3n) is 4.61. The van der Waals surface area contributed by atoms with E-state index in [2.05, 4.69) is 10.2 Å². The Labute approximate surface area is 175 Å². The van der Waals surface area contributed by atoms with E-state index in [9.17, 15) is 29.4 Å². The molecule has 4 rings (SSSR count). The number of amides is 2. The zero-order valence-electron chi connectivity index (χ0n) is 15.7. The minimum absolute atomic E-state index is 0.324. The van der Waals surface area contributed by atoms with Crippen LogP contribution in [0.5, 0.6) is 0 Å². The number of carboxylic acid groups (broad SMARTS) is 2. The Hall–Kier alpha value is -4.60. The summed E-state index contributed by atoms with van der Waals surface area (Å²) in [7, 11) is 0. The van der Waals surface area contributed by atoms with Gasteiger partial charge in [0.25, 0.3) is 11.8 Å². The van der Waals surface area contributed by atoms with Crippen LogP contribution in [0.2, 0.25) is 0 Å². The van der Waals surface area contributed by atoms with Gasteiger partial charge in [0, 0.05) is 0 Å². The molecule has 2 aliphatic heterocycles. The molecule has 10 nitrogen and oxygen atoms in total. The molecule has 0 spiro atoms. The molecule has 154 valence electrons. The molecular formula is C21H14N4O6. The maximum atomic E-state index is 12.9. The molecule has 2 aliphatic rings. The van der Waals surface area contributed by atoms with Crippen molar-refractivity contribution >= 4 is 46.6 Å². The van der Waals surface area contributed by atoms with Gasteiger partial charge in [0.05, 0.1) is 16.9 Å². The average Bonchev–Trinajstić information content (AvgIpc) is 3.27. The van der Waals surface area contributed by atoms with Crippen LogP contribution < -0.4 is 10.0 Å². The fraction of sp³-hybridized carbons (Fsp3) is 0.0476. The topological polar surface area (TPSA) is 140 Å². The molecule has 0 saturated heterocycles. The van der Waals surface area contributed by atoms with E-state index in [4.69, 9.17) is 0 Å². The first-order valence-electron chi connectivity index (χ1n) is 9.03. The molecule has 2 aromatic rings. The summed E-state index contributed by atoms with van der Waals surface area (Å²) < 4.78 is 0. The minimum atomic E-state index is -1.49. The number of carbonyl (C=O) groups is 4. The zero-order valence-corrected chi connectivity index (χ0v) is 15.7. The molecular weight excluding hydrogens is 404 g/mol. The molecule has 1 atom stereocenters. The molecule has 2 amide bonds. The highest BCUT2D eigenvalue weighted by atomic mass is 16.4. The van der Waals surface area contributed by atoms with Gasteiger partial charge in [-0.3, -0.25) is 9.59 Å². The maximum absolute atomic E-state index is 12.9. The molecule has 0 bridgehead atoms. The Morgan fingerprint density at radius 1 is 0.806 bits per heavy atom. The van der Waals surface area contributed by atoms with Gasteiger partial charge in [0.2, 0.25) is 0 Å². The molecule has 2 heterocycles. The molecule has 0 radical (unpaired) electrons. The molecule has 0 saturated carbocycles. The fourth-order valence-corrected chi connectivity index (χ4v) is 3.18. The molecule has 31 heavy (non-hydrogen) atoms. The lowest BCUT2D eigenvalue weighted by Gasteiger charge is -2.13. The lowest BCUT2D eigenvalue weighted by atomic mass is 9.97. The van der Waals surface area contributed by atoms with E-state index in [0.29, 0.717) is 11.4 Å². The predicted molar refractivity (Wildman–Crippen MR) is 110 cm³/mol. The number of rotatable bonds is 5. The minimum Gasteiger partial charge on any atom is -0.477 e. The lowest BCUT2D eigenvalue weighted by molar-refractivity contribution is -0.130. The second-order valence-corrected chi connectivity index (χ2v) is 6.54. The van der Waals surface area contributed by atoms with E-state index in [1.807, 2.05) is 0 Å². The summed E-state index contributed by atoms with van der Waals surface area (Å²) in [5, 5.41) is 28.6. The second kappa shape index (κ2) is 7.67. The summed E-state index contributed by atoms with van der Waals surface area (Å²) in [5.74, 6) is -5.94. The van der Waals surface area contributed by atoms with E-state index >= 15 is 0 Å². The molecule has 2 N–H and O–H groups in total. The van der Waals surface area contributed by atoms with Crippen molar-refractivity contribution in [3.63, 3.8) is 0 Å². The first-order valence-corrected chi connectivity index (χ1v) is 9.03. The van der Waals surface area contributed by atoms with Crippen LogP contribution in [0.25, 0.3) is 0 Å². The van der Waals surface area contributed by atoms with Crippen molar-refractivity contribution in [3.05, 3.63) is 72.3 Å². The van der Waals surface area contributed by atoms with Gasteiger partial charge in [-0.1, -0.05) is 42.5 Å². The van der Waals surface area contributed by atoms with E-state index in [1.54, 1.807) is 60.7 Å². The summed E-state index contributed by atoms with van der Waals surface area (Å²) in [6.07, 6.45) is 0.996. The van der Waals surface area contributed by atoms with Gasteiger partial charge in [0.1, 0.15) is 5.92 Å². The van der Waals surface area contributed by atoms with Crippen molar-refractivity contribution in [2.24, 2.45) is 16.1 Å². The normalized spacial score (nSPS) is 19.6. The summed E-state index contributed by atoms with van der Waals surface area (Å²) >= 11 is 0. The highest BCUT2D eigenvalue weighted by Gasteiger charge is 2.43. The molecule has 10 heteroatoms. The Balaban J connectivity index is 1.75. The number of hydrazone groups is 2. The number of anilines is 2. The van der Waals surface area contributed by atoms with Gasteiger partial charge in [-0.05, 0) is 24.3 Å². The van der Waals surface area contributed by atoms with Crippen molar-refractivity contribution in [1.82, 2.24) is 0 Å². The molecule has 2 aromatic carbocycles. The van der Waals surface area contributed by atoms with Crippen LogP contribution in [0.3, 0.4) is 0 Å². The van der Waals surface area contributed by atoms with Crippen molar-refractivity contribution in [3.8, 4) is 0 Å². The highest BCUT2D eigenvalue weighted by Crippen LogP contribution is 2.29. The van der Waals surface area contributed by atoms with Crippen molar-refractivity contribution < 1.29 is 29.4 Å². The monoisotopic (exact) mass is 418 g/mol. The number of hydrogen-bond donors (Lipinski definition) is 2. The lowest BCUT2D eigenvalue weighted by Crippen LogP contribution is -2.30. The number of nitrogens with zero attached hydrogens (tertiary/aromatic N) is 4. The van der Waals surface area contributed by atoms with E-state index in [1.165, 1.54) is 0 Å². The SMILES string of the molecule is O=C(O)C1=NN(c2ccccc2)C(=O)/C1=C/C1C(=O)N(c2ccccc2)N=C1C(=O)O. The Bertz CT molecular complexity index is 1190. The van der Waals surface area contributed by atoms with Gasteiger partial charge >= 0.3 is 11.9 Å². The molecule has 0 fully saturated rings. The third-order valence-corrected chi connectivity index (χ3v) is 4.61. The molecule has 1 unspecified atom stereocenters. The van der Waals surface area contributed by atoms with Crippen LogP contribution in [-0.2, 0) is 19.2 Å². The highest BCUT2D eigenvalue weighted by molar-refractivity contribution is 6.53. The van der Waals surface area contributed by atoms with Crippen LogP contribution in [-0.4, -0.2) is 45.4 Å². The summed E-state index contributed by atoms with van der Waals surface area (Å²) in [4.78, 5) is 49.3. The third kappa shape index (κ3) is 3.46. The van der Waals surface area contributed by atoms with Gasteiger partial charge in [-0.25, -0.2) is 9.59 Å². The Kier molecular flexibility index (Phi) is 4.88. The van der Waals surface area contributed by atoms with Crippen LogP contribution in [0.15, 0.2) is 82.5 Å². The van der Waals surface area contributed by atoms with Crippen molar-refractivity contribution in [2.45, 2.75) is 0 Å². The first-order chi connectivity index (χ1) is 14.9. The zero-order chi connectivity index (χ0) is 22.1. The Morgan fingerprint density at radius 3 is 1.87 bits per heavy atom. The number of carbonyl (C=O) groups excluding carboxylic acids is 2. The fourth-order valence-electron chi connectivity index (χ4n) is 3.18. The number of benzene rings is 2. The van der Waals surface area contributed by atoms with Gasteiger partial charge < -0.3 is 10.2 Å². The van der Waals surface area contributed by atoms with E-state index in [-0.39, 0.29) is 0 Å². The standard InChI is InChI=1S/C21H14N4O6/c26-18-14(16(20(28)29)22-24(18)12-7-3-1-4-8-12)11-15-17(21(30)31)23-25(19(15)27)13-9-5-2-6-10-13/h1-11,14H,(H,28,29)(H,30,31)/b15-11+. The van der Waals surface area contributed by atoms with Crippen molar-refractivity contribution in [1.29, 1.82) is 0 Å². The largest absolute Gasteiger partial charge is 0.477 e. The van der Waals surface area contributed by atoms with Crippen LogP contribution in [0, 0.1) is 5.92 Å². The molecule has 0 aliphatic carbocycles. The van der Waals surface area contributed by atoms with Gasteiger partial charge in [-0.2, -0.15) is 20.2 Å². The summed E-state index contributed by atoms with van der Waals surface area (Å²) in [6.45, 7) is 0. The van der Waals surface area contributed by atoms with Crippen LogP contribution in [0.4, 0.5) is 11.4 Å². The quantitative estimate of drug-likeness (QED) is 0.706. The Morgan fingerprint density at radius 2 is 1.35 bits per heavy atom. The predicted octanol–water partition coefficient (Wildman–Crippen LogP) is 1.50.